The Hall–Kier alpha value is -2.11. The Kier molecular flexibility index (Phi) is 22.2. The van der Waals surface area contributed by atoms with Gasteiger partial charge in [-0.05, 0) is 44.9 Å². The van der Waals surface area contributed by atoms with Crippen LogP contribution in [0, 0.1) is 0 Å². The van der Waals surface area contributed by atoms with Crippen molar-refractivity contribution < 1.29 is 52.3 Å². The Balaban J connectivity index is 4.41. The lowest BCUT2D eigenvalue weighted by Crippen LogP contribution is -2.37. The first-order chi connectivity index (χ1) is 19.8. The van der Waals surface area contributed by atoms with Crippen LogP contribution in [0.1, 0.15) is 65.2 Å². The number of phosphoric acid groups is 1. The summed E-state index contributed by atoms with van der Waals surface area (Å²) in [4.78, 5) is 33.4. The zero-order chi connectivity index (χ0) is 31.9. The van der Waals surface area contributed by atoms with Gasteiger partial charge in [-0.15, -0.1) is 0 Å². The molecule has 1 unspecified atom stereocenters. The average molecular weight is 619 g/mol. The number of ether oxygens (including phenoxy) is 2. The number of aliphatic hydroxyl groups excluding tert-OH is 2. The molecule has 242 valence electrons. The highest BCUT2D eigenvalue weighted by Gasteiger charge is 2.27. The molecule has 0 bridgehead atoms. The standard InChI is InChI=1S/C30H52NO10P/c1-6-7-8-9-10-11-12-13-14-15-16-17-19-28(33)29(34)20-18-21-30(35)41-27(24-38-26(2)32)25-40-42(36,37)39-23-22-31(3,4)5/h7-8,10-11,13-14,16-17,27-29,33-34H,6,9,12,15,18-25H2,1-5H3/p+1/b8-7-,11-10-,14-13-,17-16-/t27-,28-,29-/m1/s1. The summed E-state index contributed by atoms with van der Waals surface area (Å²) in [7, 11) is 1.28. The summed E-state index contributed by atoms with van der Waals surface area (Å²) in [5, 5.41) is 20.4. The van der Waals surface area contributed by atoms with E-state index in [1.54, 1.807) is 0 Å². The van der Waals surface area contributed by atoms with Crippen LogP contribution in [0.15, 0.2) is 48.6 Å². The van der Waals surface area contributed by atoms with Gasteiger partial charge in [0.15, 0.2) is 6.10 Å². The zero-order valence-corrected chi connectivity index (χ0v) is 26.8. The average Bonchev–Trinajstić information content (AvgIpc) is 2.89. The third-order valence-corrected chi connectivity index (χ3v) is 6.62. The van der Waals surface area contributed by atoms with Crippen molar-refractivity contribution in [3.63, 3.8) is 0 Å². The number of carbonyl (C=O) groups excluding carboxylic acids is 2. The van der Waals surface area contributed by atoms with Crippen LogP contribution in [0.5, 0.6) is 0 Å². The number of quaternary nitrogens is 1. The molecule has 3 N–H and O–H groups in total. The first-order valence-electron chi connectivity index (χ1n) is 14.5. The molecule has 0 aromatic heterocycles. The predicted molar refractivity (Wildman–Crippen MR) is 162 cm³/mol. The van der Waals surface area contributed by atoms with Gasteiger partial charge in [0.1, 0.15) is 19.8 Å². The number of hydrogen-bond donors (Lipinski definition) is 3. The third kappa shape index (κ3) is 25.6. The molecule has 0 aromatic rings. The number of allylic oxidation sites excluding steroid dienone is 7. The fourth-order valence-electron chi connectivity index (χ4n) is 3.24. The SMILES string of the molecule is CC/C=C\C/C=C\C/C=C\C/C=C\C[C@@H](O)[C@H](O)CCCC(=O)O[C@H](COC(C)=O)COP(=O)(O)OCC[N+](C)(C)C. The van der Waals surface area contributed by atoms with Crippen molar-refractivity contribution in [1.29, 1.82) is 0 Å². The van der Waals surface area contributed by atoms with Crippen molar-refractivity contribution >= 4 is 19.8 Å². The lowest BCUT2D eigenvalue weighted by Gasteiger charge is -2.24. The van der Waals surface area contributed by atoms with Gasteiger partial charge < -0.3 is 29.1 Å². The highest BCUT2D eigenvalue weighted by molar-refractivity contribution is 7.47. The Morgan fingerprint density at radius 1 is 0.857 bits per heavy atom. The Labute approximate surface area is 251 Å². The minimum Gasteiger partial charge on any atom is -0.462 e. The second kappa shape index (κ2) is 23.4. The van der Waals surface area contributed by atoms with E-state index in [1.807, 2.05) is 39.4 Å². The second-order valence-electron chi connectivity index (χ2n) is 10.8. The molecule has 4 atom stereocenters. The maximum Gasteiger partial charge on any atom is 0.472 e. The molecule has 0 rings (SSSR count). The highest BCUT2D eigenvalue weighted by atomic mass is 31.2. The Morgan fingerprint density at radius 3 is 1.98 bits per heavy atom. The summed E-state index contributed by atoms with van der Waals surface area (Å²) in [6.45, 7) is 2.83. The second-order valence-corrected chi connectivity index (χ2v) is 12.2. The molecule has 0 aliphatic carbocycles. The van der Waals surface area contributed by atoms with Crippen LogP contribution in [0.25, 0.3) is 0 Å². The molecule has 12 heteroatoms. The van der Waals surface area contributed by atoms with E-state index < -0.39 is 44.7 Å². The van der Waals surface area contributed by atoms with E-state index in [4.69, 9.17) is 18.5 Å². The summed E-state index contributed by atoms with van der Waals surface area (Å²) in [5.41, 5.74) is 0. The number of carbonyl (C=O) groups is 2. The summed E-state index contributed by atoms with van der Waals surface area (Å²) in [5.74, 6) is -1.29. The number of esters is 2. The molecular formula is C30H53NO10P+. The van der Waals surface area contributed by atoms with Gasteiger partial charge in [0.25, 0.3) is 0 Å². The molecule has 0 aromatic carbocycles. The van der Waals surface area contributed by atoms with Gasteiger partial charge in [0.05, 0.1) is 40.0 Å². The number of hydrogen-bond acceptors (Lipinski definition) is 9. The van der Waals surface area contributed by atoms with Gasteiger partial charge in [-0.25, -0.2) is 4.57 Å². The van der Waals surface area contributed by atoms with Crippen LogP contribution < -0.4 is 0 Å². The van der Waals surface area contributed by atoms with Crippen LogP contribution >= 0.6 is 7.82 Å². The van der Waals surface area contributed by atoms with Gasteiger partial charge in [-0.1, -0.05) is 55.5 Å². The van der Waals surface area contributed by atoms with Crippen molar-refractivity contribution in [2.75, 3.05) is 47.5 Å². The van der Waals surface area contributed by atoms with Crippen LogP contribution in [0.2, 0.25) is 0 Å². The van der Waals surface area contributed by atoms with E-state index in [9.17, 15) is 29.3 Å². The molecule has 0 aliphatic heterocycles. The van der Waals surface area contributed by atoms with Gasteiger partial charge >= 0.3 is 19.8 Å². The molecule has 0 heterocycles. The lowest BCUT2D eigenvalue weighted by molar-refractivity contribution is -0.870. The summed E-state index contributed by atoms with van der Waals surface area (Å²) >= 11 is 0. The maximum absolute atomic E-state index is 12.3. The monoisotopic (exact) mass is 618 g/mol. The summed E-state index contributed by atoms with van der Waals surface area (Å²) < 4.78 is 32.6. The molecular weight excluding hydrogens is 565 g/mol. The number of likely N-dealkylation sites (N-methyl/N-ethyl adjacent to an activating group) is 1. The van der Waals surface area contributed by atoms with Crippen LogP contribution in [-0.4, -0.2) is 97.3 Å². The van der Waals surface area contributed by atoms with Gasteiger partial charge in [-0.2, -0.15) is 0 Å². The summed E-state index contributed by atoms with van der Waals surface area (Å²) in [6, 6.07) is 0. The van der Waals surface area contributed by atoms with Gasteiger partial charge in [0, 0.05) is 13.3 Å². The van der Waals surface area contributed by atoms with Crippen molar-refractivity contribution in [3.05, 3.63) is 48.6 Å². The normalized spacial score (nSPS) is 16.3. The minimum atomic E-state index is -4.41. The number of nitrogens with zero attached hydrogens (tertiary/aromatic N) is 1. The van der Waals surface area contributed by atoms with Crippen LogP contribution in [-0.2, 0) is 32.7 Å². The molecule has 0 saturated heterocycles. The van der Waals surface area contributed by atoms with E-state index in [2.05, 4.69) is 37.3 Å². The zero-order valence-electron chi connectivity index (χ0n) is 25.9. The molecule has 0 fully saturated rings. The van der Waals surface area contributed by atoms with Gasteiger partial charge in [0.2, 0.25) is 0 Å². The number of phosphoric ester groups is 1. The van der Waals surface area contributed by atoms with E-state index >= 15 is 0 Å². The van der Waals surface area contributed by atoms with E-state index in [0.717, 1.165) is 25.7 Å². The van der Waals surface area contributed by atoms with Crippen molar-refractivity contribution in [3.8, 4) is 0 Å². The summed E-state index contributed by atoms with van der Waals surface area (Å²) in [6.07, 6.45) is 17.4. The number of aliphatic hydroxyl groups is 2. The smallest absolute Gasteiger partial charge is 0.462 e. The Bertz CT molecular complexity index is 910. The molecule has 0 spiro atoms. The topological polar surface area (TPSA) is 149 Å². The quantitative estimate of drug-likeness (QED) is 0.0616. The van der Waals surface area contributed by atoms with Crippen molar-refractivity contribution in [2.24, 2.45) is 0 Å². The van der Waals surface area contributed by atoms with Crippen LogP contribution in [0.3, 0.4) is 0 Å². The third-order valence-electron chi connectivity index (χ3n) is 5.63. The first kappa shape index (κ1) is 39.9. The number of rotatable bonds is 24. The highest BCUT2D eigenvalue weighted by Crippen LogP contribution is 2.43. The largest absolute Gasteiger partial charge is 0.472 e. The minimum absolute atomic E-state index is 0.0257. The lowest BCUT2D eigenvalue weighted by atomic mass is 10.0. The van der Waals surface area contributed by atoms with Crippen molar-refractivity contribution in [2.45, 2.75) is 83.5 Å². The maximum atomic E-state index is 12.3. The fraction of sp³-hybridized carbons (Fsp3) is 0.667. The van der Waals surface area contributed by atoms with Crippen molar-refractivity contribution in [1.82, 2.24) is 0 Å². The first-order valence-corrected chi connectivity index (χ1v) is 16.0. The molecule has 11 nitrogen and oxygen atoms in total. The van der Waals surface area contributed by atoms with Crippen LogP contribution in [0.4, 0.5) is 0 Å². The van der Waals surface area contributed by atoms with E-state index in [0.29, 0.717) is 11.0 Å². The predicted octanol–water partition coefficient (Wildman–Crippen LogP) is 4.39. The van der Waals surface area contributed by atoms with Gasteiger partial charge in [-0.3, -0.25) is 18.6 Å². The molecule has 42 heavy (non-hydrogen) atoms. The molecule has 0 amide bonds. The van der Waals surface area contributed by atoms with E-state index in [-0.39, 0.29) is 38.9 Å². The molecule has 0 radical (unpaired) electrons. The fourth-order valence-corrected chi connectivity index (χ4v) is 3.98. The molecule has 0 saturated carbocycles. The van der Waals surface area contributed by atoms with E-state index in [1.165, 1.54) is 6.92 Å². The Morgan fingerprint density at radius 2 is 1.43 bits per heavy atom. The molecule has 0 aliphatic rings.